The minimum absolute atomic E-state index is 0.0904. The normalized spacial score (nSPS) is 12.2. The highest BCUT2D eigenvalue weighted by atomic mass is 35.5. The first kappa shape index (κ1) is 13.9. The Morgan fingerprint density at radius 1 is 1.65 bits per heavy atom. The zero-order chi connectivity index (χ0) is 12.8. The van der Waals surface area contributed by atoms with Gasteiger partial charge in [-0.05, 0) is 25.0 Å². The Bertz CT molecular complexity index is 375. The topological polar surface area (TPSA) is 68.0 Å². The molecule has 0 fully saturated rings. The molecule has 17 heavy (non-hydrogen) atoms. The van der Waals surface area contributed by atoms with Gasteiger partial charge in [-0.15, -0.1) is 0 Å². The second-order valence-corrected chi connectivity index (χ2v) is 4.36. The lowest BCUT2D eigenvalue weighted by Crippen LogP contribution is -2.29. The molecule has 5 heteroatoms. The van der Waals surface area contributed by atoms with Gasteiger partial charge in [-0.2, -0.15) is 0 Å². The van der Waals surface area contributed by atoms with E-state index in [1.807, 2.05) is 13.8 Å². The van der Waals surface area contributed by atoms with Crippen LogP contribution in [0.3, 0.4) is 0 Å². The molecule has 0 aliphatic carbocycles. The lowest BCUT2D eigenvalue weighted by molar-refractivity contribution is -0.119. The Balaban J connectivity index is 2.80. The summed E-state index contributed by atoms with van der Waals surface area (Å²) in [5.41, 5.74) is 7.05. The highest BCUT2D eigenvalue weighted by Crippen LogP contribution is 2.23. The number of rotatable bonds is 5. The molecule has 0 aliphatic rings. The van der Waals surface area contributed by atoms with Crippen molar-refractivity contribution in [1.29, 1.82) is 0 Å². The molecule has 94 valence electrons. The molecule has 0 spiro atoms. The number of amides is 1. The molecule has 0 aliphatic heterocycles. The van der Waals surface area contributed by atoms with Gasteiger partial charge < -0.3 is 11.1 Å². The maximum atomic E-state index is 12.0. The molecule has 1 aromatic heterocycles. The van der Waals surface area contributed by atoms with Crippen LogP contribution in [0.1, 0.15) is 25.3 Å². The minimum Gasteiger partial charge on any atom is -0.330 e. The van der Waals surface area contributed by atoms with Gasteiger partial charge in [0.2, 0.25) is 5.91 Å². The smallest absolute Gasteiger partial charge is 0.228 e. The first-order chi connectivity index (χ1) is 8.10. The summed E-state index contributed by atoms with van der Waals surface area (Å²) in [6.45, 7) is 4.25. The van der Waals surface area contributed by atoms with Crippen LogP contribution in [-0.4, -0.2) is 17.4 Å². The lowest BCUT2D eigenvalue weighted by atomic mass is 10.0. The number of aromatic nitrogens is 1. The first-order valence-electron chi connectivity index (χ1n) is 5.72. The number of halogens is 1. The SMILES string of the molecule is CCCC(CN)C(=O)Nc1c(C)ccnc1Cl. The molecular formula is C12H18ClN3O. The highest BCUT2D eigenvalue weighted by Gasteiger charge is 2.17. The van der Waals surface area contributed by atoms with Crippen LogP contribution in [0.15, 0.2) is 12.3 Å². The number of nitrogens with two attached hydrogens (primary N) is 1. The first-order valence-corrected chi connectivity index (χ1v) is 6.10. The number of hydrogen-bond donors (Lipinski definition) is 2. The molecule has 3 N–H and O–H groups in total. The molecule has 0 aromatic carbocycles. The van der Waals surface area contributed by atoms with Crippen molar-refractivity contribution >= 4 is 23.2 Å². The van der Waals surface area contributed by atoms with Crippen LogP contribution in [-0.2, 0) is 4.79 Å². The number of aryl methyl sites for hydroxylation is 1. The van der Waals surface area contributed by atoms with E-state index in [1.165, 1.54) is 0 Å². The van der Waals surface area contributed by atoms with E-state index in [0.29, 0.717) is 17.4 Å². The Morgan fingerprint density at radius 3 is 2.88 bits per heavy atom. The fourth-order valence-corrected chi connectivity index (χ4v) is 1.86. The average Bonchev–Trinajstić information content (AvgIpc) is 2.30. The van der Waals surface area contributed by atoms with E-state index < -0.39 is 0 Å². The molecule has 1 heterocycles. The molecule has 1 aromatic rings. The van der Waals surface area contributed by atoms with Crippen LogP contribution in [0.25, 0.3) is 0 Å². The van der Waals surface area contributed by atoms with Gasteiger partial charge in [0.05, 0.1) is 11.6 Å². The van der Waals surface area contributed by atoms with Crippen LogP contribution in [0, 0.1) is 12.8 Å². The van der Waals surface area contributed by atoms with Crippen molar-refractivity contribution in [3.8, 4) is 0 Å². The number of pyridine rings is 1. The maximum absolute atomic E-state index is 12.0. The predicted octanol–water partition coefficient (Wildman–Crippen LogP) is 2.36. The molecule has 1 unspecified atom stereocenters. The van der Waals surface area contributed by atoms with Crippen LogP contribution in [0.4, 0.5) is 5.69 Å². The molecule has 4 nitrogen and oxygen atoms in total. The van der Waals surface area contributed by atoms with Gasteiger partial charge in [-0.25, -0.2) is 4.98 Å². The number of carbonyl (C=O) groups is 1. The Morgan fingerprint density at radius 2 is 2.35 bits per heavy atom. The third kappa shape index (κ3) is 3.68. The third-order valence-electron chi connectivity index (χ3n) is 2.65. The van der Waals surface area contributed by atoms with Crippen LogP contribution < -0.4 is 11.1 Å². The second-order valence-electron chi connectivity index (χ2n) is 4.00. The van der Waals surface area contributed by atoms with Crippen LogP contribution >= 0.6 is 11.6 Å². The van der Waals surface area contributed by atoms with E-state index in [2.05, 4.69) is 10.3 Å². The summed E-state index contributed by atoms with van der Waals surface area (Å²) >= 11 is 5.94. The van der Waals surface area contributed by atoms with E-state index in [9.17, 15) is 4.79 Å². The van der Waals surface area contributed by atoms with Crippen molar-refractivity contribution in [2.24, 2.45) is 11.7 Å². The maximum Gasteiger partial charge on any atom is 0.228 e. The molecule has 1 amide bonds. The number of nitrogens with zero attached hydrogens (tertiary/aromatic N) is 1. The van der Waals surface area contributed by atoms with Crippen molar-refractivity contribution in [3.63, 3.8) is 0 Å². The van der Waals surface area contributed by atoms with Gasteiger partial charge in [0.25, 0.3) is 0 Å². The van der Waals surface area contributed by atoms with Crippen molar-refractivity contribution in [2.45, 2.75) is 26.7 Å². The predicted molar refractivity (Wildman–Crippen MR) is 70.1 cm³/mol. The van der Waals surface area contributed by atoms with E-state index >= 15 is 0 Å². The van der Waals surface area contributed by atoms with Gasteiger partial charge in [0.1, 0.15) is 0 Å². The van der Waals surface area contributed by atoms with Crippen molar-refractivity contribution in [3.05, 3.63) is 23.0 Å². The number of carbonyl (C=O) groups excluding carboxylic acids is 1. The molecule has 0 radical (unpaired) electrons. The molecule has 0 saturated carbocycles. The molecule has 1 atom stereocenters. The molecule has 1 rings (SSSR count). The summed E-state index contributed by atoms with van der Waals surface area (Å²) in [7, 11) is 0. The van der Waals surface area contributed by atoms with E-state index in [4.69, 9.17) is 17.3 Å². The summed E-state index contributed by atoms with van der Waals surface area (Å²) in [5.74, 6) is -0.261. The summed E-state index contributed by atoms with van der Waals surface area (Å²) in [4.78, 5) is 15.9. The fraction of sp³-hybridized carbons (Fsp3) is 0.500. The third-order valence-corrected chi connectivity index (χ3v) is 2.94. The largest absolute Gasteiger partial charge is 0.330 e. The Kier molecular flexibility index (Phi) is 5.38. The molecule has 0 bridgehead atoms. The van der Waals surface area contributed by atoms with Crippen LogP contribution in [0.2, 0.25) is 5.15 Å². The van der Waals surface area contributed by atoms with E-state index in [1.54, 1.807) is 12.3 Å². The van der Waals surface area contributed by atoms with Gasteiger partial charge in [0, 0.05) is 12.7 Å². The van der Waals surface area contributed by atoms with Crippen molar-refractivity contribution in [2.75, 3.05) is 11.9 Å². The van der Waals surface area contributed by atoms with E-state index in [0.717, 1.165) is 18.4 Å². The standard InChI is InChI=1S/C12H18ClN3O/c1-3-4-9(7-14)12(17)16-10-8(2)5-6-15-11(10)13/h5-6,9H,3-4,7,14H2,1-2H3,(H,16,17). The highest BCUT2D eigenvalue weighted by molar-refractivity contribution is 6.32. The van der Waals surface area contributed by atoms with Crippen LogP contribution in [0.5, 0.6) is 0 Å². The molecule has 0 saturated heterocycles. The second kappa shape index (κ2) is 6.57. The summed E-state index contributed by atoms with van der Waals surface area (Å²) < 4.78 is 0. The number of hydrogen-bond acceptors (Lipinski definition) is 3. The van der Waals surface area contributed by atoms with Gasteiger partial charge in [-0.1, -0.05) is 24.9 Å². The lowest BCUT2D eigenvalue weighted by Gasteiger charge is -2.15. The monoisotopic (exact) mass is 255 g/mol. The van der Waals surface area contributed by atoms with Gasteiger partial charge >= 0.3 is 0 Å². The number of nitrogens with one attached hydrogen (secondary N) is 1. The van der Waals surface area contributed by atoms with Crippen molar-refractivity contribution < 1.29 is 4.79 Å². The fourth-order valence-electron chi connectivity index (χ4n) is 1.60. The Labute approximate surface area is 107 Å². The summed E-state index contributed by atoms with van der Waals surface area (Å²) in [6.07, 6.45) is 3.31. The number of anilines is 1. The summed E-state index contributed by atoms with van der Waals surface area (Å²) in [6, 6.07) is 1.80. The molecular weight excluding hydrogens is 238 g/mol. The zero-order valence-electron chi connectivity index (χ0n) is 10.2. The minimum atomic E-state index is -0.171. The summed E-state index contributed by atoms with van der Waals surface area (Å²) in [5, 5.41) is 3.11. The Hall–Kier alpha value is -1.13. The van der Waals surface area contributed by atoms with Gasteiger partial charge in [-0.3, -0.25) is 4.79 Å². The van der Waals surface area contributed by atoms with Crippen molar-refractivity contribution in [1.82, 2.24) is 4.98 Å². The van der Waals surface area contributed by atoms with Gasteiger partial charge in [0.15, 0.2) is 5.15 Å². The average molecular weight is 256 g/mol. The quantitative estimate of drug-likeness (QED) is 0.794. The zero-order valence-corrected chi connectivity index (χ0v) is 10.9. The van der Waals surface area contributed by atoms with E-state index in [-0.39, 0.29) is 11.8 Å².